The van der Waals surface area contributed by atoms with Gasteiger partial charge in [0.15, 0.2) is 0 Å². The number of aliphatic hydroxyl groups excluding tert-OH is 3. The molecule has 1 aromatic rings. The quantitative estimate of drug-likeness (QED) is 0.765. The molecule has 0 aromatic heterocycles. The summed E-state index contributed by atoms with van der Waals surface area (Å²) < 4.78 is 35.5. The standard InChI is InChI=1S/C13H16F2O5/c14-13(15)7-1-3-8(4-2-7)19-11-5-9(17)12(18)10(6-16)20-11/h1-4,9-13,16-18H,5-6H2/t9-,10?,11-,12-/m1/s1. The Morgan fingerprint density at radius 1 is 1.25 bits per heavy atom. The van der Waals surface area contributed by atoms with Crippen molar-refractivity contribution in [2.24, 2.45) is 0 Å². The van der Waals surface area contributed by atoms with Crippen LogP contribution in [0.25, 0.3) is 0 Å². The lowest BCUT2D eigenvalue weighted by Gasteiger charge is -2.36. The zero-order valence-corrected chi connectivity index (χ0v) is 10.5. The van der Waals surface area contributed by atoms with Crippen molar-refractivity contribution in [1.29, 1.82) is 0 Å². The van der Waals surface area contributed by atoms with E-state index < -0.39 is 37.6 Å². The normalized spacial score (nSPS) is 30.5. The fourth-order valence-corrected chi connectivity index (χ4v) is 1.99. The van der Waals surface area contributed by atoms with E-state index in [1.54, 1.807) is 0 Å². The van der Waals surface area contributed by atoms with Gasteiger partial charge in [0.05, 0.1) is 12.7 Å². The molecule has 0 bridgehead atoms. The van der Waals surface area contributed by atoms with E-state index in [4.69, 9.17) is 14.6 Å². The van der Waals surface area contributed by atoms with E-state index in [1.807, 2.05) is 0 Å². The maximum absolute atomic E-state index is 12.4. The molecule has 7 heteroatoms. The van der Waals surface area contributed by atoms with E-state index in [1.165, 1.54) is 24.3 Å². The molecule has 0 spiro atoms. The van der Waals surface area contributed by atoms with Crippen LogP contribution in [-0.4, -0.2) is 46.5 Å². The first-order chi connectivity index (χ1) is 9.51. The van der Waals surface area contributed by atoms with Gasteiger partial charge in [0.2, 0.25) is 6.29 Å². The van der Waals surface area contributed by atoms with Gasteiger partial charge in [0.25, 0.3) is 6.43 Å². The van der Waals surface area contributed by atoms with Crippen molar-refractivity contribution in [3.63, 3.8) is 0 Å². The molecule has 2 rings (SSSR count). The highest BCUT2D eigenvalue weighted by atomic mass is 19.3. The summed E-state index contributed by atoms with van der Waals surface area (Å²) in [5, 5.41) is 28.2. The van der Waals surface area contributed by atoms with Crippen LogP contribution < -0.4 is 4.74 Å². The van der Waals surface area contributed by atoms with Gasteiger partial charge in [-0.15, -0.1) is 0 Å². The number of alkyl halides is 2. The highest BCUT2D eigenvalue weighted by Gasteiger charge is 2.37. The Bertz CT molecular complexity index is 425. The van der Waals surface area contributed by atoms with Gasteiger partial charge in [0.1, 0.15) is 18.0 Å². The number of rotatable bonds is 4. The molecule has 3 N–H and O–H groups in total. The van der Waals surface area contributed by atoms with Crippen molar-refractivity contribution in [3.8, 4) is 5.75 Å². The van der Waals surface area contributed by atoms with Crippen LogP contribution in [0.4, 0.5) is 8.78 Å². The van der Waals surface area contributed by atoms with Gasteiger partial charge >= 0.3 is 0 Å². The number of ether oxygens (including phenoxy) is 2. The van der Waals surface area contributed by atoms with Crippen LogP contribution in [0.5, 0.6) is 5.75 Å². The molecule has 1 aliphatic rings. The predicted octanol–water partition coefficient (Wildman–Crippen LogP) is 0.832. The van der Waals surface area contributed by atoms with E-state index in [9.17, 15) is 19.0 Å². The Morgan fingerprint density at radius 3 is 2.45 bits per heavy atom. The summed E-state index contributed by atoms with van der Waals surface area (Å²) >= 11 is 0. The van der Waals surface area contributed by atoms with Gasteiger partial charge in [-0.1, -0.05) is 0 Å². The van der Waals surface area contributed by atoms with Crippen molar-refractivity contribution in [2.45, 2.75) is 37.4 Å². The minimum atomic E-state index is -2.55. The molecule has 112 valence electrons. The van der Waals surface area contributed by atoms with Crippen LogP contribution in [0.3, 0.4) is 0 Å². The van der Waals surface area contributed by atoms with Crippen LogP contribution in [0, 0.1) is 0 Å². The first-order valence-corrected chi connectivity index (χ1v) is 6.18. The average molecular weight is 290 g/mol. The number of benzene rings is 1. The topological polar surface area (TPSA) is 79.2 Å². The maximum atomic E-state index is 12.4. The summed E-state index contributed by atoms with van der Waals surface area (Å²) in [6, 6.07) is 5.21. The van der Waals surface area contributed by atoms with E-state index in [0.717, 1.165) is 0 Å². The Labute approximate surface area is 114 Å². The highest BCUT2D eigenvalue weighted by molar-refractivity contribution is 5.28. The summed E-state index contributed by atoms with van der Waals surface area (Å²) in [6.45, 7) is -0.456. The second-order valence-corrected chi connectivity index (χ2v) is 4.57. The van der Waals surface area contributed by atoms with Crippen molar-refractivity contribution < 1.29 is 33.6 Å². The summed E-state index contributed by atoms with van der Waals surface area (Å²) in [7, 11) is 0. The fraction of sp³-hybridized carbons (Fsp3) is 0.538. The molecule has 4 atom stereocenters. The zero-order chi connectivity index (χ0) is 14.7. The Hall–Kier alpha value is -1.28. The molecule has 1 unspecified atom stereocenters. The van der Waals surface area contributed by atoms with E-state index in [0.29, 0.717) is 5.75 Å². The molecule has 1 heterocycles. The lowest BCUT2D eigenvalue weighted by Crippen LogP contribution is -2.51. The lowest BCUT2D eigenvalue weighted by atomic mass is 10.0. The molecule has 0 amide bonds. The van der Waals surface area contributed by atoms with E-state index >= 15 is 0 Å². The minimum absolute atomic E-state index is 0.0221. The Morgan fingerprint density at radius 2 is 1.90 bits per heavy atom. The van der Waals surface area contributed by atoms with E-state index in [-0.39, 0.29) is 12.0 Å². The molecule has 20 heavy (non-hydrogen) atoms. The molecule has 1 saturated heterocycles. The van der Waals surface area contributed by atoms with Gasteiger partial charge in [-0.3, -0.25) is 0 Å². The predicted molar refractivity (Wildman–Crippen MR) is 64.4 cm³/mol. The zero-order valence-electron chi connectivity index (χ0n) is 10.5. The summed E-state index contributed by atoms with van der Waals surface area (Å²) in [4.78, 5) is 0. The Kier molecular flexibility index (Phi) is 4.87. The second-order valence-electron chi connectivity index (χ2n) is 4.57. The van der Waals surface area contributed by atoms with Gasteiger partial charge in [-0.05, 0) is 24.3 Å². The smallest absolute Gasteiger partial charge is 0.263 e. The maximum Gasteiger partial charge on any atom is 0.263 e. The minimum Gasteiger partial charge on any atom is -0.465 e. The number of hydrogen-bond donors (Lipinski definition) is 3. The van der Waals surface area contributed by atoms with Crippen LogP contribution in [0.15, 0.2) is 24.3 Å². The Balaban J connectivity index is 1.99. The average Bonchev–Trinajstić information content (AvgIpc) is 2.43. The molecular formula is C13H16F2O5. The van der Waals surface area contributed by atoms with Gasteiger partial charge in [-0.2, -0.15) is 0 Å². The second kappa shape index (κ2) is 6.45. The SMILES string of the molecule is OCC1O[C@@H](Oc2ccc(C(F)F)cc2)C[C@@H](O)[C@H]1O. The summed E-state index contributed by atoms with van der Waals surface area (Å²) in [6.07, 6.45) is -6.58. The molecular weight excluding hydrogens is 274 g/mol. The van der Waals surface area contributed by atoms with Crippen LogP contribution in [-0.2, 0) is 4.74 Å². The van der Waals surface area contributed by atoms with Crippen molar-refractivity contribution in [1.82, 2.24) is 0 Å². The van der Waals surface area contributed by atoms with Crippen molar-refractivity contribution in [2.75, 3.05) is 6.61 Å². The largest absolute Gasteiger partial charge is 0.465 e. The van der Waals surface area contributed by atoms with Gasteiger partial charge in [-0.25, -0.2) is 8.78 Å². The van der Waals surface area contributed by atoms with Crippen molar-refractivity contribution >= 4 is 0 Å². The van der Waals surface area contributed by atoms with Gasteiger partial charge in [0, 0.05) is 12.0 Å². The fourth-order valence-electron chi connectivity index (χ4n) is 1.99. The summed E-state index contributed by atoms with van der Waals surface area (Å²) in [5.41, 5.74) is -0.120. The van der Waals surface area contributed by atoms with Crippen LogP contribution in [0.1, 0.15) is 18.4 Å². The monoisotopic (exact) mass is 290 g/mol. The number of aliphatic hydroxyl groups is 3. The molecule has 0 radical (unpaired) electrons. The van der Waals surface area contributed by atoms with Gasteiger partial charge < -0.3 is 24.8 Å². The third-order valence-electron chi connectivity index (χ3n) is 3.12. The van der Waals surface area contributed by atoms with Crippen LogP contribution in [0.2, 0.25) is 0 Å². The van der Waals surface area contributed by atoms with Crippen molar-refractivity contribution in [3.05, 3.63) is 29.8 Å². The first kappa shape index (κ1) is 15.1. The molecule has 1 fully saturated rings. The van der Waals surface area contributed by atoms with Crippen LogP contribution >= 0.6 is 0 Å². The molecule has 0 saturated carbocycles. The third-order valence-corrected chi connectivity index (χ3v) is 3.12. The van der Waals surface area contributed by atoms with E-state index in [2.05, 4.69) is 0 Å². The molecule has 5 nitrogen and oxygen atoms in total. The number of hydrogen-bond acceptors (Lipinski definition) is 5. The lowest BCUT2D eigenvalue weighted by molar-refractivity contribution is -0.229. The molecule has 0 aliphatic carbocycles. The summed E-state index contributed by atoms with van der Waals surface area (Å²) in [5.74, 6) is 0.305. The molecule has 1 aliphatic heterocycles. The third kappa shape index (κ3) is 3.43. The number of halogens is 2. The molecule has 1 aromatic carbocycles. The highest BCUT2D eigenvalue weighted by Crippen LogP contribution is 2.25. The first-order valence-electron chi connectivity index (χ1n) is 6.18.